The number of benzene rings is 2. The van der Waals surface area contributed by atoms with E-state index in [1.807, 2.05) is 24.3 Å². The van der Waals surface area contributed by atoms with Crippen LogP contribution in [0.15, 0.2) is 72.1 Å². The van der Waals surface area contributed by atoms with Gasteiger partial charge in [0.1, 0.15) is 5.00 Å². The van der Waals surface area contributed by atoms with E-state index < -0.39 is 10.0 Å². The zero-order valence-corrected chi connectivity index (χ0v) is 14.5. The quantitative estimate of drug-likeness (QED) is 0.602. The van der Waals surface area contributed by atoms with Crippen molar-refractivity contribution in [1.82, 2.24) is 0 Å². The van der Waals surface area contributed by atoms with E-state index in [1.165, 1.54) is 15.6 Å². The third-order valence-corrected chi connectivity index (χ3v) is 6.95. The summed E-state index contributed by atoms with van der Waals surface area (Å²) in [5.74, 6) is 0. The second kappa shape index (κ2) is 6.35. The summed E-state index contributed by atoms with van der Waals surface area (Å²) in [6.45, 7) is 3.83. The lowest BCUT2D eigenvalue weighted by molar-refractivity contribution is 0.593. The second-order valence-corrected chi connectivity index (χ2v) is 8.13. The Balaban J connectivity index is 2.18. The van der Waals surface area contributed by atoms with Gasteiger partial charge in [-0.15, -0.1) is 17.9 Å². The lowest BCUT2D eigenvalue weighted by atomic mass is 10.3. The highest BCUT2D eigenvalue weighted by Gasteiger charge is 2.27. The van der Waals surface area contributed by atoms with Gasteiger partial charge >= 0.3 is 0 Å². The number of thiophene rings is 1. The maximum Gasteiger partial charge on any atom is 0.265 e. The van der Waals surface area contributed by atoms with Crippen LogP contribution in [0, 0.1) is 0 Å². The van der Waals surface area contributed by atoms with Crippen LogP contribution in [0.3, 0.4) is 0 Å². The number of rotatable bonds is 5. The summed E-state index contributed by atoms with van der Waals surface area (Å²) in [4.78, 5) is 0.232. The first-order valence-electron chi connectivity index (χ1n) is 6.91. The molecule has 0 saturated heterocycles. The van der Waals surface area contributed by atoms with Crippen molar-refractivity contribution in [3.63, 3.8) is 0 Å². The van der Waals surface area contributed by atoms with Gasteiger partial charge in [0.25, 0.3) is 10.0 Å². The van der Waals surface area contributed by atoms with Gasteiger partial charge in [-0.3, -0.25) is 4.31 Å². The Morgan fingerprint density at radius 3 is 2.39 bits per heavy atom. The molecule has 118 valence electrons. The fraction of sp³-hybridized carbons (Fsp3) is 0.0588. The zero-order valence-electron chi connectivity index (χ0n) is 12.1. The number of halogens is 1. The number of nitrogens with zero attached hydrogens (tertiary/aromatic N) is 1. The van der Waals surface area contributed by atoms with Crippen LogP contribution in [0.5, 0.6) is 0 Å². The topological polar surface area (TPSA) is 37.4 Å². The number of fused-ring (bicyclic) bond motifs is 1. The predicted octanol–water partition coefficient (Wildman–Crippen LogP) is 4.94. The van der Waals surface area contributed by atoms with Crippen LogP contribution in [-0.2, 0) is 10.0 Å². The molecule has 0 atom stereocenters. The molecule has 0 amide bonds. The molecule has 0 radical (unpaired) electrons. The SMILES string of the molecule is C=CCN(c1sc2ccccc2c1Cl)S(=O)(=O)c1ccccc1. The molecule has 0 fully saturated rings. The first-order valence-corrected chi connectivity index (χ1v) is 9.55. The van der Waals surface area contributed by atoms with E-state index in [2.05, 4.69) is 6.58 Å². The normalized spacial score (nSPS) is 11.5. The molecule has 3 aromatic rings. The molecule has 2 aromatic carbocycles. The minimum atomic E-state index is -3.70. The van der Waals surface area contributed by atoms with E-state index in [-0.39, 0.29) is 11.4 Å². The van der Waals surface area contributed by atoms with Crippen LogP contribution in [-0.4, -0.2) is 15.0 Å². The summed E-state index contributed by atoms with van der Waals surface area (Å²) in [7, 11) is -3.70. The summed E-state index contributed by atoms with van der Waals surface area (Å²) in [6, 6.07) is 15.9. The molecular formula is C17H14ClNO2S2. The molecule has 6 heteroatoms. The first kappa shape index (κ1) is 16.1. The van der Waals surface area contributed by atoms with Gasteiger partial charge in [-0.2, -0.15) is 0 Å². The van der Waals surface area contributed by atoms with Crippen LogP contribution in [0.25, 0.3) is 10.1 Å². The largest absolute Gasteiger partial charge is 0.265 e. The number of hydrogen-bond acceptors (Lipinski definition) is 3. The van der Waals surface area contributed by atoms with E-state index in [0.717, 1.165) is 10.1 Å². The Morgan fingerprint density at radius 1 is 1.09 bits per heavy atom. The highest BCUT2D eigenvalue weighted by Crippen LogP contribution is 2.43. The van der Waals surface area contributed by atoms with Crippen molar-refractivity contribution < 1.29 is 8.42 Å². The minimum Gasteiger partial charge on any atom is -0.252 e. The van der Waals surface area contributed by atoms with Crippen molar-refractivity contribution in [3.05, 3.63) is 72.3 Å². The maximum atomic E-state index is 13.0. The summed E-state index contributed by atoms with van der Waals surface area (Å²) >= 11 is 7.81. The van der Waals surface area contributed by atoms with E-state index in [0.29, 0.717) is 10.0 Å². The molecule has 0 aliphatic carbocycles. The molecule has 0 aliphatic heterocycles. The molecule has 0 spiro atoms. The molecular weight excluding hydrogens is 350 g/mol. The zero-order chi connectivity index (χ0) is 16.4. The fourth-order valence-electron chi connectivity index (χ4n) is 2.29. The molecule has 3 rings (SSSR count). The van der Waals surface area contributed by atoms with Crippen LogP contribution < -0.4 is 4.31 Å². The molecule has 0 unspecified atom stereocenters. The molecule has 0 N–H and O–H groups in total. The molecule has 1 aromatic heterocycles. The number of anilines is 1. The van der Waals surface area contributed by atoms with Crippen LogP contribution in [0.2, 0.25) is 5.02 Å². The summed E-state index contributed by atoms with van der Waals surface area (Å²) in [6.07, 6.45) is 1.56. The second-order valence-electron chi connectivity index (χ2n) is 4.86. The highest BCUT2D eigenvalue weighted by molar-refractivity contribution is 7.93. The lowest BCUT2D eigenvalue weighted by Gasteiger charge is -2.21. The van der Waals surface area contributed by atoms with E-state index in [1.54, 1.807) is 36.4 Å². The van der Waals surface area contributed by atoms with Gasteiger partial charge in [-0.05, 0) is 18.2 Å². The molecule has 23 heavy (non-hydrogen) atoms. The lowest BCUT2D eigenvalue weighted by Crippen LogP contribution is -2.30. The Morgan fingerprint density at radius 2 is 1.74 bits per heavy atom. The summed E-state index contributed by atoms with van der Waals surface area (Å²) in [5.41, 5.74) is 0. The summed E-state index contributed by atoms with van der Waals surface area (Å²) < 4.78 is 28.2. The molecule has 0 bridgehead atoms. The van der Waals surface area contributed by atoms with Crippen molar-refractivity contribution >= 4 is 48.0 Å². The Hall–Kier alpha value is -1.82. The van der Waals surface area contributed by atoms with Gasteiger partial charge in [0.05, 0.1) is 16.5 Å². The fourth-order valence-corrected chi connectivity index (χ4v) is 5.56. The van der Waals surface area contributed by atoms with Crippen LogP contribution in [0.1, 0.15) is 0 Å². The summed E-state index contributed by atoms with van der Waals surface area (Å²) in [5, 5.41) is 1.81. The van der Waals surface area contributed by atoms with Crippen LogP contribution >= 0.6 is 22.9 Å². The number of sulfonamides is 1. The van der Waals surface area contributed by atoms with Crippen molar-refractivity contribution in [2.24, 2.45) is 0 Å². The molecule has 3 nitrogen and oxygen atoms in total. The van der Waals surface area contributed by atoms with Gasteiger partial charge in [-0.1, -0.05) is 54.1 Å². The highest BCUT2D eigenvalue weighted by atomic mass is 35.5. The van der Waals surface area contributed by atoms with Crippen molar-refractivity contribution in [1.29, 1.82) is 0 Å². The molecule has 0 saturated carbocycles. The maximum absolute atomic E-state index is 13.0. The van der Waals surface area contributed by atoms with Gasteiger partial charge in [0.2, 0.25) is 0 Å². The van der Waals surface area contributed by atoms with Gasteiger partial charge in [0, 0.05) is 10.1 Å². The average molecular weight is 364 g/mol. The first-order chi connectivity index (χ1) is 11.1. The smallest absolute Gasteiger partial charge is 0.252 e. The van der Waals surface area contributed by atoms with E-state index in [4.69, 9.17) is 11.6 Å². The monoisotopic (exact) mass is 363 g/mol. The molecule has 1 heterocycles. The average Bonchev–Trinajstić information content (AvgIpc) is 2.90. The van der Waals surface area contributed by atoms with Crippen molar-refractivity contribution in [2.45, 2.75) is 4.90 Å². The van der Waals surface area contributed by atoms with Crippen LogP contribution in [0.4, 0.5) is 5.00 Å². The van der Waals surface area contributed by atoms with E-state index >= 15 is 0 Å². The number of hydrogen-bond donors (Lipinski definition) is 0. The van der Waals surface area contributed by atoms with Crippen molar-refractivity contribution in [2.75, 3.05) is 10.8 Å². The van der Waals surface area contributed by atoms with Gasteiger partial charge in [0.15, 0.2) is 0 Å². The van der Waals surface area contributed by atoms with E-state index in [9.17, 15) is 8.42 Å². The Labute approximate surface area is 144 Å². The Bertz CT molecular complexity index is 949. The molecule has 0 aliphatic rings. The van der Waals surface area contributed by atoms with Gasteiger partial charge in [-0.25, -0.2) is 8.42 Å². The third kappa shape index (κ3) is 2.87. The van der Waals surface area contributed by atoms with Crippen molar-refractivity contribution in [3.8, 4) is 0 Å². The minimum absolute atomic E-state index is 0.157. The standard InChI is InChI=1S/C17H14ClNO2S2/c1-2-12-19(23(20,21)13-8-4-3-5-9-13)17-16(18)14-10-6-7-11-15(14)22-17/h2-11H,1,12H2. The third-order valence-electron chi connectivity index (χ3n) is 3.37. The van der Waals surface area contributed by atoms with Gasteiger partial charge < -0.3 is 0 Å². The predicted molar refractivity (Wildman–Crippen MR) is 98.0 cm³/mol. The Kier molecular flexibility index (Phi) is 4.43.